The van der Waals surface area contributed by atoms with Crippen molar-refractivity contribution in [1.29, 1.82) is 0 Å². The minimum Gasteiger partial charge on any atom is -0.288 e. The van der Waals surface area contributed by atoms with Gasteiger partial charge in [0.2, 0.25) is 5.91 Å². The maximum absolute atomic E-state index is 13.8. The van der Waals surface area contributed by atoms with Gasteiger partial charge in [-0.1, -0.05) is 43.7 Å². The van der Waals surface area contributed by atoms with E-state index in [1.807, 2.05) is 24.3 Å². The van der Waals surface area contributed by atoms with E-state index in [-0.39, 0.29) is 24.4 Å². The molecule has 134 valence electrons. The van der Waals surface area contributed by atoms with Crippen molar-refractivity contribution in [2.45, 2.75) is 44.8 Å². The highest BCUT2D eigenvalue weighted by Gasteiger charge is 2.47. The molecule has 0 bridgehead atoms. The molecule has 2 aromatic rings. The lowest BCUT2D eigenvalue weighted by molar-refractivity contribution is -0.191. The minimum atomic E-state index is -4.47. The first-order valence-electron chi connectivity index (χ1n) is 8.54. The lowest BCUT2D eigenvalue weighted by atomic mass is 9.94. The molecule has 0 saturated carbocycles. The van der Waals surface area contributed by atoms with Crippen molar-refractivity contribution in [3.8, 4) is 0 Å². The molecule has 2 aromatic carbocycles. The summed E-state index contributed by atoms with van der Waals surface area (Å²) in [5, 5.41) is 2.80. The fraction of sp³-hybridized carbons (Fsp3) is 0.421. The molecular formula is C19H21F3N2O. The molecule has 1 N–H and O–H groups in total. The van der Waals surface area contributed by atoms with Gasteiger partial charge in [-0.2, -0.15) is 13.2 Å². The van der Waals surface area contributed by atoms with Gasteiger partial charge < -0.3 is 0 Å². The number of amides is 1. The molecule has 25 heavy (non-hydrogen) atoms. The number of halogens is 3. The summed E-state index contributed by atoms with van der Waals surface area (Å²) < 4.78 is 41.3. The van der Waals surface area contributed by atoms with Crippen LogP contribution in [0.4, 0.5) is 13.2 Å². The van der Waals surface area contributed by atoms with Crippen molar-refractivity contribution >= 4 is 16.7 Å². The lowest BCUT2D eigenvalue weighted by Gasteiger charge is -2.30. The van der Waals surface area contributed by atoms with Crippen LogP contribution in [0, 0.1) is 0 Å². The lowest BCUT2D eigenvalue weighted by Crippen LogP contribution is -2.43. The number of hydrazine groups is 1. The second-order valence-electron chi connectivity index (χ2n) is 6.43. The van der Waals surface area contributed by atoms with E-state index in [0.29, 0.717) is 0 Å². The Morgan fingerprint density at radius 2 is 2.00 bits per heavy atom. The van der Waals surface area contributed by atoms with Crippen molar-refractivity contribution in [2.75, 3.05) is 6.54 Å². The summed E-state index contributed by atoms with van der Waals surface area (Å²) >= 11 is 0. The van der Waals surface area contributed by atoms with Crippen molar-refractivity contribution < 1.29 is 18.0 Å². The summed E-state index contributed by atoms with van der Waals surface area (Å²) in [6.07, 6.45) is -1.75. The second kappa shape index (κ2) is 7.04. The largest absolute Gasteiger partial charge is 0.409 e. The second-order valence-corrected chi connectivity index (χ2v) is 6.43. The maximum atomic E-state index is 13.8. The zero-order valence-corrected chi connectivity index (χ0v) is 14.1. The molecule has 0 aliphatic carbocycles. The number of hydrogen-bond donors (Lipinski definition) is 1. The predicted molar refractivity (Wildman–Crippen MR) is 90.8 cm³/mol. The number of benzene rings is 2. The molecule has 1 aliphatic heterocycles. The average molecular weight is 350 g/mol. The van der Waals surface area contributed by atoms with Crippen molar-refractivity contribution in [3.05, 3.63) is 47.5 Å². The van der Waals surface area contributed by atoms with Gasteiger partial charge in [-0.05, 0) is 40.8 Å². The van der Waals surface area contributed by atoms with Gasteiger partial charge in [-0.15, -0.1) is 0 Å². The summed E-state index contributed by atoms with van der Waals surface area (Å²) in [5.41, 5.74) is 3.45. The summed E-state index contributed by atoms with van der Waals surface area (Å²) in [5.74, 6) is -0.374. The fourth-order valence-electron chi connectivity index (χ4n) is 3.38. The molecule has 3 rings (SSSR count). The highest BCUT2D eigenvalue weighted by Crippen LogP contribution is 2.39. The van der Waals surface area contributed by atoms with Crippen LogP contribution >= 0.6 is 0 Å². The number of aryl methyl sites for hydroxylation is 1. The highest BCUT2D eigenvalue weighted by atomic mass is 19.4. The molecule has 3 nitrogen and oxygen atoms in total. The maximum Gasteiger partial charge on any atom is 0.409 e. The number of carbonyl (C=O) groups excluding carboxylic acids is 1. The minimum absolute atomic E-state index is 0.0557. The van der Waals surface area contributed by atoms with Gasteiger partial charge in [0.1, 0.15) is 6.04 Å². The average Bonchev–Trinajstić information content (AvgIpc) is 2.97. The number of nitrogens with zero attached hydrogens (tertiary/aromatic N) is 1. The number of unbranched alkanes of at least 4 members (excludes halogenated alkanes) is 1. The third-order valence-corrected chi connectivity index (χ3v) is 4.56. The Hall–Kier alpha value is -2.08. The van der Waals surface area contributed by atoms with Gasteiger partial charge in [0, 0.05) is 13.0 Å². The molecule has 1 atom stereocenters. The molecule has 0 radical (unpaired) electrons. The molecule has 1 saturated heterocycles. The normalized spacial score (nSPS) is 17.0. The molecule has 1 fully saturated rings. The molecule has 1 heterocycles. The van der Waals surface area contributed by atoms with Crippen LogP contribution in [0.3, 0.4) is 0 Å². The van der Waals surface area contributed by atoms with Crippen LogP contribution in [-0.2, 0) is 11.2 Å². The van der Waals surface area contributed by atoms with E-state index in [1.54, 1.807) is 12.1 Å². The summed E-state index contributed by atoms with van der Waals surface area (Å²) in [6, 6.07) is 8.93. The number of fused-ring (bicyclic) bond motifs is 1. The monoisotopic (exact) mass is 350 g/mol. The fourth-order valence-corrected chi connectivity index (χ4v) is 3.38. The van der Waals surface area contributed by atoms with Gasteiger partial charge in [0.15, 0.2) is 0 Å². The number of nitrogens with one attached hydrogen (secondary N) is 1. The summed E-state index contributed by atoms with van der Waals surface area (Å²) in [4.78, 5) is 11.4. The van der Waals surface area contributed by atoms with E-state index in [4.69, 9.17) is 0 Å². The van der Waals surface area contributed by atoms with E-state index < -0.39 is 12.2 Å². The van der Waals surface area contributed by atoms with E-state index in [9.17, 15) is 18.0 Å². The van der Waals surface area contributed by atoms with Crippen LogP contribution in [0.5, 0.6) is 0 Å². The van der Waals surface area contributed by atoms with Crippen molar-refractivity contribution in [1.82, 2.24) is 10.4 Å². The third-order valence-electron chi connectivity index (χ3n) is 4.56. The zero-order valence-electron chi connectivity index (χ0n) is 14.1. The van der Waals surface area contributed by atoms with Crippen LogP contribution in [0.2, 0.25) is 0 Å². The summed E-state index contributed by atoms with van der Waals surface area (Å²) in [7, 11) is 0. The Labute approximate surface area is 144 Å². The van der Waals surface area contributed by atoms with Gasteiger partial charge in [-0.25, -0.2) is 5.01 Å². The number of alkyl halides is 3. The van der Waals surface area contributed by atoms with Crippen LogP contribution in [-0.4, -0.2) is 23.6 Å². The first kappa shape index (κ1) is 17.7. The Morgan fingerprint density at radius 1 is 1.24 bits per heavy atom. The van der Waals surface area contributed by atoms with Crippen LogP contribution in [0.25, 0.3) is 10.8 Å². The Kier molecular flexibility index (Phi) is 4.99. The van der Waals surface area contributed by atoms with Crippen molar-refractivity contribution in [2.24, 2.45) is 0 Å². The molecule has 0 spiro atoms. The topological polar surface area (TPSA) is 32.3 Å². The Balaban J connectivity index is 2.09. The van der Waals surface area contributed by atoms with E-state index in [2.05, 4.69) is 12.3 Å². The molecule has 1 unspecified atom stereocenters. The SMILES string of the molecule is CCCCc1cc(C(N2CCC(=O)N2)C(F)(F)F)cc2ccccc12. The van der Waals surface area contributed by atoms with Gasteiger partial charge in [-0.3, -0.25) is 10.2 Å². The number of rotatable bonds is 5. The van der Waals surface area contributed by atoms with Gasteiger partial charge in [0.05, 0.1) is 0 Å². The molecular weight excluding hydrogens is 329 g/mol. The van der Waals surface area contributed by atoms with Crippen molar-refractivity contribution in [3.63, 3.8) is 0 Å². The molecule has 6 heteroatoms. The molecule has 0 aromatic heterocycles. The smallest absolute Gasteiger partial charge is 0.288 e. The van der Waals surface area contributed by atoms with Crippen LogP contribution in [0.15, 0.2) is 36.4 Å². The third kappa shape index (κ3) is 3.79. The number of hydrogen-bond acceptors (Lipinski definition) is 2. The van der Waals surface area contributed by atoms with Crippen LogP contribution < -0.4 is 5.43 Å². The first-order valence-corrected chi connectivity index (χ1v) is 8.54. The Morgan fingerprint density at radius 3 is 2.64 bits per heavy atom. The van der Waals surface area contributed by atoms with E-state index >= 15 is 0 Å². The van der Waals surface area contributed by atoms with E-state index in [1.165, 1.54) is 0 Å². The van der Waals surface area contributed by atoms with Gasteiger partial charge >= 0.3 is 6.18 Å². The molecule has 1 amide bonds. The highest BCUT2D eigenvalue weighted by molar-refractivity contribution is 5.86. The summed E-state index contributed by atoms with van der Waals surface area (Å²) in [6.45, 7) is 2.12. The first-order chi connectivity index (χ1) is 11.9. The predicted octanol–water partition coefficient (Wildman–Crippen LogP) is 4.52. The number of carbonyl (C=O) groups is 1. The van der Waals surface area contributed by atoms with E-state index in [0.717, 1.165) is 40.6 Å². The van der Waals surface area contributed by atoms with Gasteiger partial charge in [0.25, 0.3) is 0 Å². The molecule has 1 aliphatic rings. The zero-order chi connectivity index (χ0) is 18.0. The quantitative estimate of drug-likeness (QED) is 0.860. The Bertz CT molecular complexity index is 773. The van der Waals surface area contributed by atoms with Crippen LogP contribution in [0.1, 0.15) is 43.4 Å². The standard InChI is InChI=1S/C19H21F3N2O/c1-2-3-6-13-11-15(12-14-7-4-5-8-16(13)14)18(19(20,21)22)24-10-9-17(25)23-24/h4-5,7-8,11-12,18H,2-3,6,9-10H2,1H3,(H,23,25).